The highest BCUT2D eigenvalue weighted by molar-refractivity contribution is 5.91. The van der Waals surface area contributed by atoms with E-state index in [1.54, 1.807) is 0 Å². The fourth-order valence-electron chi connectivity index (χ4n) is 6.69. The molecule has 0 amide bonds. The molecule has 0 radical (unpaired) electrons. The zero-order valence-electron chi connectivity index (χ0n) is 13.6. The molecule has 4 aliphatic carbocycles. The minimum Gasteiger partial charge on any atom is -0.392 e. The minimum atomic E-state index is -0.187. The van der Waals surface area contributed by atoms with Crippen LogP contribution in [0.3, 0.4) is 0 Å². The Morgan fingerprint density at radius 1 is 1.32 bits per heavy atom. The second-order valence-electron chi connectivity index (χ2n) is 8.31. The predicted octanol–water partition coefficient (Wildman–Crippen LogP) is 3.90. The van der Waals surface area contributed by atoms with Gasteiger partial charge in [0.1, 0.15) is 0 Å². The van der Waals surface area contributed by atoms with Crippen LogP contribution in [0, 0.1) is 35.0 Å². The largest absolute Gasteiger partial charge is 0.392 e. The quantitative estimate of drug-likeness (QED) is 0.746. The molecule has 0 aromatic heterocycles. The molecule has 0 saturated heterocycles. The number of aliphatic hydroxyl groups is 1. The molecule has 22 heavy (non-hydrogen) atoms. The average Bonchev–Trinajstić information content (AvgIpc) is 2.84. The molecule has 0 aliphatic heterocycles. The Hall–Kier alpha value is -0.890. The van der Waals surface area contributed by atoms with Gasteiger partial charge in [0.15, 0.2) is 5.78 Å². The maximum Gasteiger partial charge on any atom is 0.155 e. The summed E-state index contributed by atoms with van der Waals surface area (Å²) >= 11 is 0. The van der Waals surface area contributed by atoms with Crippen LogP contribution in [0.1, 0.15) is 51.9 Å². The SMILES string of the molecule is C=C[C@]12CC[C@H]3[C@@H]([C@H](C)CC4=CC(=O)CC[C@@H]43)[C@@H]1CC[C@@H]2O. The normalized spacial score (nSPS) is 50.6. The number of fused-ring (bicyclic) bond motifs is 5. The topological polar surface area (TPSA) is 37.3 Å². The Labute approximate surface area is 133 Å². The number of rotatable bonds is 1. The molecule has 2 heteroatoms. The molecule has 3 fully saturated rings. The highest BCUT2D eigenvalue weighted by Gasteiger charge is 2.58. The molecular formula is C20H28O2. The zero-order valence-corrected chi connectivity index (χ0v) is 13.6. The van der Waals surface area contributed by atoms with E-state index >= 15 is 0 Å². The molecule has 0 aromatic carbocycles. The lowest BCUT2D eigenvalue weighted by atomic mass is 9.49. The number of carbonyl (C=O) groups excluding carboxylic acids is 1. The van der Waals surface area contributed by atoms with Gasteiger partial charge in [0.05, 0.1) is 6.10 Å². The predicted molar refractivity (Wildman–Crippen MR) is 87.2 cm³/mol. The first-order valence-electron chi connectivity index (χ1n) is 9.12. The third-order valence-corrected chi connectivity index (χ3v) is 7.57. The smallest absolute Gasteiger partial charge is 0.155 e. The third kappa shape index (κ3) is 1.86. The van der Waals surface area contributed by atoms with Crippen LogP contribution in [0.5, 0.6) is 0 Å². The summed E-state index contributed by atoms with van der Waals surface area (Å²) in [5, 5.41) is 10.6. The van der Waals surface area contributed by atoms with Gasteiger partial charge >= 0.3 is 0 Å². The molecule has 4 aliphatic rings. The Kier molecular flexibility index (Phi) is 3.38. The molecule has 1 N–H and O–H groups in total. The van der Waals surface area contributed by atoms with Crippen LogP contribution in [0.4, 0.5) is 0 Å². The van der Waals surface area contributed by atoms with Crippen molar-refractivity contribution >= 4 is 5.78 Å². The van der Waals surface area contributed by atoms with Gasteiger partial charge in [-0.15, -0.1) is 6.58 Å². The summed E-state index contributed by atoms with van der Waals surface area (Å²) in [6, 6.07) is 0. The van der Waals surface area contributed by atoms with Gasteiger partial charge in [0, 0.05) is 11.8 Å². The van der Waals surface area contributed by atoms with Crippen molar-refractivity contribution in [2.75, 3.05) is 0 Å². The molecule has 0 unspecified atom stereocenters. The average molecular weight is 300 g/mol. The zero-order chi connectivity index (χ0) is 15.5. The summed E-state index contributed by atoms with van der Waals surface area (Å²) in [6.07, 6.45) is 11.2. The second kappa shape index (κ2) is 5.06. The second-order valence-corrected chi connectivity index (χ2v) is 8.31. The maximum atomic E-state index is 11.8. The van der Waals surface area contributed by atoms with Crippen molar-refractivity contribution in [3.8, 4) is 0 Å². The molecular weight excluding hydrogens is 272 g/mol. The standard InChI is InChI=1S/C20H28O2/c1-3-20-9-8-16-15-5-4-14(21)11-13(15)10-12(2)19(16)17(20)6-7-18(20)22/h3,11-12,15-19,22H,1,4-10H2,2H3/t12-,15+,16-,17+,18+,19-,20+/m1/s1. The van der Waals surface area contributed by atoms with Gasteiger partial charge in [-0.25, -0.2) is 0 Å². The summed E-state index contributed by atoms with van der Waals surface area (Å²) in [5.74, 6) is 3.65. The minimum absolute atomic E-state index is 0.0267. The Bertz CT molecular complexity index is 534. The molecule has 0 heterocycles. The van der Waals surface area contributed by atoms with Crippen molar-refractivity contribution in [3.63, 3.8) is 0 Å². The lowest BCUT2D eigenvalue weighted by molar-refractivity contribution is -0.116. The summed E-state index contributed by atoms with van der Waals surface area (Å²) in [5.41, 5.74) is 1.41. The van der Waals surface area contributed by atoms with Crippen LogP contribution in [-0.4, -0.2) is 17.0 Å². The molecule has 4 rings (SSSR count). The van der Waals surface area contributed by atoms with E-state index in [0.717, 1.165) is 44.4 Å². The van der Waals surface area contributed by atoms with Crippen LogP contribution in [0.2, 0.25) is 0 Å². The van der Waals surface area contributed by atoms with E-state index in [1.165, 1.54) is 12.0 Å². The van der Waals surface area contributed by atoms with Gasteiger partial charge in [-0.1, -0.05) is 18.6 Å². The summed E-state index contributed by atoms with van der Waals surface area (Å²) < 4.78 is 0. The van der Waals surface area contributed by atoms with Crippen molar-refractivity contribution in [2.24, 2.45) is 35.0 Å². The monoisotopic (exact) mass is 300 g/mol. The van der Waals surface area contributed by atoms with E-state index in [0.29, 0.717) is 29.5 Å². The van der Waals surface area contributed by atoms with E-state index in [-0.39, 0.29) is 11.5 Å². The lowest BCUT2D eigenvalue weighted by Gasteiger charge is -2.55. The van der Waals surface area contributed by atoms with E-state index in [9.17, 15) is 9.90 Å². The molecule has 0 bridgehead atoms. The molecule has 7 atom stereocenters. The Morgan fingerprint density at radius 3 is 2.91 bits per heavy atom. The van der Waals surface area contributed by atoms with Gasteiger partial charge in [-0.05, 0) is 74.2 Å². The van der Waals surface area contributed by atoms with Gasteiger partial charge < -0.3 is 5.11 Å². The number of allylic oxidation sites excluding steroid dienone is 1. The van der Waals surface area contributed by atoms with Crippen molar-refractivity contribution in [1.29, 1.82) is 0 Å². The van der Waals surface area contributed by atoms with Crippen LogP contribution >= 0.6 is 0 Å². The van der Waals surface area contributed by atoms with Crippen molar-refractivity contribution in [1.82, 2.24) is 0 Å². The van der Waals surface area contributed by atoms with Crippen LogP contribution in [-0.2, 0) is 4.79 Å². The highest BCUT2D eigenvalue weighted by atomic mass is 16.3. The van der Waals surface area contributed by atoms with Crippen molar-refractivity contribution in [2.45, 2.75) is 58.0 Å². The van der Waals surface area contributed by atoms with Crippen LogP contribution < -0.4 is 0 Å². The molecule has 0 aromatic rings. The molecule has 0 spiro atoms. The summed E-state index contributed by atoms with van der Waals surface area (Å²) in [6.45, 7) is 6.48. The van der Waals surface area contributed by atoms with E-state index in [2.05, 4.69) is 19.6 Å². The Balaban J connectivity index is 1.70. The first-order chi connectivity index (χ1) is 10.6. The highest BCUT2D eigenvalue weighted by Crippen LogP contribution is 2.63. The number of carbonyl (C=O) groups is 1. The van der Waals surface area contributed by atoms with Crippen LogP contribution in [0.15, 0.2) is 24.3 Å². The fraction of sp³-hybridized carbons (Fsp3) is 0.750. The molecule has 2 nitrogen and oxygen atoms in total. The van der Waals surface area contributed by atoms with E-state index < -0.39 is 0 Å². The first kappa shape index (κ1) is 14.7. The first-order valence-corrected chi connectivity index (χ1v) is 9.12. The van der Waals surface area contributed by atoms with Gasteiger partial charge in [0.2, 0.25) is 0 Å². The number of ketones is 1. The van der Waals surface area contributed by atoms with Gasteiger partial charge in [-0.2, -0.15) is 0 Å². The van der Waals surface area contributed by atoms with Crippen molar-refractivity contribution in [3.05, 3.63) is 24.3 Å². The number of hydrogen-bond donors (Lipinski definition) is 1. The number of aliphatic hydroxyl groups excluding tert-OH is 1. The van der Waals surface area contributed by atoms with Crippen molar-refractivity contribution < 1.29 is 9.90 Å². The van der Waals surface area contributed by atoms with Gasteiger partial charge in [0.25, 0.3) is 0 Å². The van der Waals surface area contributed by atoms with Gasteiger partial charge in [-0.3, -0.25) is 4.79 Å². The molecule has 120 valence electrons. The number of hydrogen-bond acceptors (Lipinski definition) is 2. The lowest BCUT2D eigenvalue weighted by Crippen LogP contribution is -2.50. The van der Waals surface area contributed by atoms with Crippen LogP contribution in [0.25, 0.3) is 0 Å². The Morgan fingerprint density at radius 2 is 2.14 bits per heavy atom. The van der Waals surface area contributed by atoms with E-state index in [1.807, 2.05) is 6.08 Å². The fourth-order valence-corrected chi connectivity index (χ4v) is 6.69. The molecule has 3 saturated carbocycles. The maximum absolute atomic E-state index is 11.8. The van der Waals surface area contributed by atoms with E-state index in [4.69, 9.17) is 0 Å². The third-order valence-electron chi connectivity index (χ3n) is 7.57. The summed E-state index contributed by atoms with van der Waals surface area (Å²) in [4.78, 5) is 11.8. The summed E-state index contributed by atoms with van der Waals surface area (Å²) in [7, 11) is 0.